The molecule has 0 saturated carbocycles. The summed E-state index contributed by atoms with van der Waals surface area (Å²) >= 11 is 1.65. The smallest absolute Gasteiger partial charge is 0.220 e. The molecule has 0 saturated heterocycles. The van der Waals surface area contributed by atoms with Crippen molar-refractivity contribution in [3.63, 3.8) is 0 Å². The molecule has 2 N–H and O–H groups in total. The van der Waals surface area contributed by atoms with Gasteiger partial charge in [-0.3, -0.25) is 4.79 Å². The van der Waals surface area contributed by atoms with Crippen LogP contribution in [0.1, 0.15) is 37.0 Å². The second-order valence-electron chi connectivity index (χ2n) is 5.26. The summed E-state index contributed by atoms with van der Waals surface area (Å²) in [6, 6.07) is 11.5. The van der Waals surface area contributed by atoms with Gasteiger partial charge in [-0.25, -0.2) is 0 Å². The lowest BCUT2D eigenvalue weighted by Crippen LogP contribution is -2.33. The Labute approximate surface area is 129 Å². The third-order valence-electron chi connectivity index (χ3n) is 3.39. The highest BCUT2D eigenvalue weighted by Crippen LogP contribution is 2.17. The average Bonchev–Trinajstić information content (AvgIpc) is 2.99. The number of amides is 1. The maximum atomic E-state index is 11.9. The molecule has 0 aliphatic carbocycles. The Morgan fingerprint density at radius 1 is 1.29 bits per heavy atom. The molecule has 0 radical (unpaired) electrons. The number of aryl methyl sites for hydroxylation is 1. The van der Waals surface area contributed by atoms with Gasteiger partial charge < -0.3 is 10.4 Å². The molecule has 1 amide bonds. The predicted octanol–water partition coefficient (Wildman–Crippen LogP) is 3.31. The van der Waals surface area contributed by atoms with Crippen molar-refractivity contribution in [2.75, 3.05) is 0 Å². The van der Waals surface area contributed by atoms with Crippen LogP contribution in [0.3, 0.4) is 0 Å². The zero-order valence-corrected chi connectivity index (χ0v) is 13.0. The summed E-state index contributed by atoms with van der Waals surface area (Å²) < 4.78 is 0. The van der Waals surface area contributed by atoms with Crippen LogP contribution in [0.5, 0.6) is 0 Å². The van der Waals surface area contributed by atoms with Crippen LogP contribution >= 0.6 is 11.3 Å². The minimum atomic E-state index is -0.543. The quantitative estimate of drug-likeness (QED) is 0.824. The molecule has 2 aromatic rings. The number of nitrogens with one attached hydrogen (secondary N) is 1. The first-order chi connectivity index (χ1) is 10.1. The fraction of sp³-hybridized carbons (Fsp3) is 0.353. The van der Waals surface area contributed by atoms with Crippen molar-refractivity contribution in [2.45, 2.75) is 38.3 Å². The van der Waals surface area contributed by atoms with E-state index in [4.69, 9.17) is 0 Å². The van der Waals surface area contributed by atoms with Gasteiger partial charge in [-0.05, 0) is 47.7 Å². The van der Waals surface area contributed by atoms with E-state index in [0.717, 1.165) is 12.0 Å². The number of thiophene rings is 1. The van der Waals surface area contributed by atoms with Crippen LogP contribution in [-0.2, 0) is 11.2 Å². The Balaban J connectivity index is 1.73. The molecule has 0 spiro atoms. The van der Waals surface area contributed by atoms with Crippen LogP contribution in [-0.4, -0.2) is 17.1 Å². The molecule has 2 atom stereocenters. The van der Waals surface area contributed by atoms with Gasteiger partial charge in [0.25, 0.3) is 0 Å². The van der Waals surface area contributed by atoms with Gasteiger partial charge >= 0.3 is 0 Å². The largest absolute Gasteiger partial charge is 0.388 e. The molecule has 0 aliphatic rings. The monoisotopic (exact) mass is 303 g/mol. The maximum absolute atomic E-state index is 11.9. The first kappa shape index (κ1) is 15.7. The maximum Gasteiger partial charge on any atom is 0.220 e. The van der Waals surface area contributed by atoms with E-state index < -0.39 is 6.10 Å². The Kier molecular flexibility index (Phi) is 5.96. The van der Waals surface area contributed by atoms with Gasteiger partial charge in [-0.1, -0.05) is 30.3 Å². The second kappa shape index (κ2) is 7.96. The molecule has 0 fully saturated rings. The van der Waals surface area contributed by atoms with Crippen molar-refractivity contribution in [2.24, 2.45) is 0 Å². The average molecular weight is 303 g/mol. The van der Waals surface area contributed by atoms with Crippen molar-refractivity contribution in [3.8, 4) is 0 Å². The Morgan fingerprint density at radius 3 is 2.71 bits per heavy atom. The Morgan fingerprint density at radius 2 is 2.05 bits per heavy atom. The summed E-state index contributed by atoms with van der Waals surface area (Å²) in [5.74, 6) is 0.0361. The van der Waals surface area contributed by atoms with E-state index in [2.05, 4.69) is 10.7 Å². The fourth-order valence-corrected chi connectivity index (χ4v) is 2.95. The van der Waals surface area contributed by atoms with Gasteiger partial charge in [0, 0.05) is 12.5 Å². The lowest BCUT2D eigenvalue weighted by molar-refractivity contribution is -0.121. The van der Waals surface area contributed by atoms with Crippen LogP contribution in [0.15, 0.2) is 47.2 Å². The van der Waals surface area contributed by atoms with Gasteiger partial charge in [-0.2, -0.15) is 11.3 Å². The van der Waals surface area contributed by atoms with Gasteiger partial charge in [0.15, 0.2) is 0 Å². The molecule has 3 nitrogen and oxygen atoms in total. The van der Waals surface area contributed by atoms with E-state index in [1.165, 1.54) is 5.56 Å². The Bertz CT molecular complexity index is 539. The highest BCUT2D eigenvalue weighted by Gasteiger charge is 2.14. The summed E-state index contributed by atoms with van der Waals surface area (Å²) in [5, 5.41) is 17.2. The molecular weight excluding hydrogens is 282 g/mol. The van der Waals surface area contributed by atoms with E-state index in [1.807, 2.05) is 48.7 Å². The molecule has 4 heteroatoms. The summed E-state index contributed by atoms with van der Waals surface area (Å²) in [5.41, 5.74) is 2.09. The van der Waals surface area contributed by atoms with Crippen LogP contribution in [0.4, 0.5) is 0 Å². The number of carbonyl (C=O) groups is 1. The lowest BCUT2D eigenvalue weighted by Gasteiger charge is -2.18. The van der Waals surface area contributed by atoms with Crippen molar-refractivity contribution in [1.82, 2.24) is 5.32 Å². The molecular formula is C17H21NO2S. The van der Waals surface area contributed by atoms with E-state index in [9.17, 15) is 9.90 Å². The van der Waals surface area contributed by atoms with Crippen molar-refractivity contribution in [3.05, 3.63) is 58.3 Å². The molecule has 0 bridgehead atoms. The van der Waals surface area contributed by atoms with Crippen molar-refractivity contribution in [1.29, 1.82) is 0 Å². The van der Waals surface area contributed by atoms with Crippen LogP contribution < -0.4 is 5.32 Å². The third-order valence-corrected chi connectivity index (χ3v) is 4.12. The molecule has 0 aliphatic heterocycles. The number of hydrogen-bond donors (Lipinski definition) is 2. The van der Waals surface area contributed by atoms with Gasteiger partial charge in [-0.15, -0.1) is 0 Å². The second-order valence-corrected chi connectivity index (χ2v) is 6.04. The van der Waals surface area contributed by atoms with E-state index in [1.54, 1.807) is 11.3 Å². The highest BCUT2D eigenvalue weighted by atomic mass is 32.1. The van der Waals surface area contributed by atoms with Gasteiger partial charge in [0.05, 0.1) is 6.10 Å². The summed E-state index contributed by atoms with van der Waals surface area (Å²) in [7, 11) is 0. The van der Waals surface area contributed by atoms with Gasteiger partial charge in [0.1, 0.15) is 0 Å². The third kappa shape index (κ3) is 5.33. The molecule has 2 rings (SSSR count). The number of aliphatic hydroxyl groups excluding tert-OH is 1. The van der Waals surface area contributed by atoms with E-state index >= 15 is 0 Å². The number of carbonyl (C=O) groups excluding carboxylic acids is 1. The normalized spacial score (nSPS) is 13.6. The molecule has 112 valence electrons. The first-order valence-corrected chi connectivity index (χ1v) is 8.13. The van der Waals surface area contributed by atoms with E-state index in [-0.39, 0.29) is 11.9 Å². The molecule has 1 aromatic carbocycles. The SMILES string of the molecule is C[C@H](C[C@H](O)c1ccccc1)NC(=O)CCc1ccsc1. The predicted molar refractivity (Wildman–Crippen MR) is 86.3 cm³/mol. The molecule has 0 unspecified atom stereocenters. The van der Waals surface area contributed by atoms with Crippen LogP contribution in [0.25, 0.3) is 0 Å². The van der Waals surface area contributed by atoms with Crippen LogP contribution in [0, 0.1) is 0 Å². The summed E-state index contributed by atoms with van der Waals surface area (Å²) in [6.07, 6.45) is 1.23. The number of hydrogen-bond acceptors (Lipinski definition) is 3. The Hall–Kier alpha value is -1.65. The fourth-order valence-electron chi connectivity index (χ4n) is 2.24. The summed E-state index contributed by atoms with van der Waals surface area (Å²) in [4.78, 5) is 11.9. The molecule has 1 heterocycles. The lowest BCUT2D eigenvalue weighted by atomic mass is 10.0. The van der Waals surface area contributed by atoms with Crippen molar-refractivity contribution >= 4 is 17.2 Å². The minimum absolute atomic E-state index is 0.0361. The van der Waals surface area contributed by atoms with Crippen LogP contribution in [0.2, 0.25) is 0 Å². The topological polar surface area (TPSA) is 49.3 Å². The molecule has 1 aromatic heterocycles. The van der Waals surface area contributed by atoms with Crippen molar-refractivity contribution < 1.29 is 9.90 Å². The first-order valence-electron chi connectivity index (χ1n) is 7.18. The number of benzene rings is 1. The minimum Gasteiger partial charge on any atom is -0.388 e. The zero-order chi connectivity index (χ0) is 15.1. The van der Waals surface area contributed by atoms with E-state index in [0.29, 0.717) is 12.8 Å². The van der Waals surface area contributed by atoms with Gasteiger partial charge in [0.2, 0.25) is 5.91 Å². The number of aliphatic hydroxyl groups is 1. The zero-order valence-electron chi connectivity index (χ0n) is 12.2. The highest BCUT2D eigenvalue weighted by molar-refractivity contribution is 7.07. The molecule has 21 heavy (non-hydrogen) atoms. The standard InChI is InChI=1S/C17H21NO2S/c1-13(11-16(19)15-5-3-2-4-6-15)18-17(20)8-7-14-9-10-21-12-14/h2-6,9-10,12-13,16,19H,7-8,11H2,1H3,(H,18,20)/t13-,16+/m1/s1. The summed E-state index contributed by atoms with van der Waals surface area (Å²) in [6.45, 7) is 1.93. The number of rotatable bonds is 7.